The number of benzene rings is 2. The Balaban J connectivity index is 1.52. The Morgan fingerprint density at radius 1 is 1.07 bits per heavy atom. The predicted octanol–water partition coefficient (Wildman–Crippen LogP) is 4.21. The van der Waals surface area contributed by atoms with Gasteiger partial charge in [0.15, 0.2) is 0 Å². The number of oxazole rings is 1. The third-order valence-electron chi connectivity index (χ3n) is 4.22. The van der Waals surface area contributed by atoms with E-state index in [9.17, 15) is 21.6 Å². The lowest BCUT2D eigenvalue weighted by Crippen LogP contribution is -2.35. The van der Waals surface area contributed by atoms with Crippen LogP contribution in [0.1, 0.15) is 17.0 Å². The molecule has 0 atom stereocenters. The first kappa shape index (κ1) is 21.8. The zero-order chi connectivity index (χ0) is 21.8. The molecule has 6 nitrogen and oxygen atoms in total. The number of alkyl halides is 3. The summed E-state index contributed by atoms with van der Waals surface area (Å²) >= 11 is 0. The Kier molecular flexibility index (Phi) is 6.47. The number of aryl methyl sites for hydroxylation is 1. The van der Waals surface area contributed by atoms with E-state index in [-0.39, 0.29) is 0 Å². The van der Waals surface area contributed by atoms with Gasteiger partial charge in [-0.3, -0.25) is 0 Å². The van der Waals surface area contributed by atoms with Crippen LogP contribution in [0.25, 0.3) is 11.5 Å². The molecule has 0 saturated carbocycles. The first-order valence-electron chi connectivity index (χ1n) is 8.95. The van der Waals surface area contributed by atoms with Crippen molar-refractivity contribution < 1.29 is 30.7 Å². The van der Waals surface area contributed by atoms with E-state index in [1.807, 2.05) is 37.3 Å². The van der Waals surface area contributed by atoms with Crippen LogP contribution in [0.2, 0.25) is 0 Å². The fourth-order valence-corrected chi connectivity index (χ4v) is 3.11. The zero-order valence-electron chi connectivity index (χ0n) is 15.9. The van der Waals surface area contributed by atoms with Crippen LogP contribution in [0.3, 0.4) is 0 Å². The molecule has 0 amide bonds. The van der Waals surface area contributed by atoms with Gasteiger partial charge in [-0.2, -0.15) is 13.2 Å². The number of nitrogens with one attached hydrogen (secondary N) is 1. The van der Waals surface area contributed by atoms with E-state index < -0.39 is 22.1 Å². The van der Waals surface area contributed by atoms with E-state index in [1.165, 1.54) is 16.9 Å². The highest BCUT2D eigenvalue weighted by atomic mass is 32.2. The smallest absolute Gasteiger partial charge is 0.493 e. The van der Waals surface area contributed by atoms with E-state index >= 15 is 0 Å². The molecule has 0 radical (unpaired) electrons. The maximum Gasteiger partial charge on any atom is 0.511 e. The van der Waals surface area contributed by atoms with Gasteiger partial charge in [-0.25, -0.2) is 18.1 Å². The molecule has 0 unspecified atom stereocenters. The summed E-state index contributed by atoms with van der Waals surface area (Å²) < 4.78 is 71.8. The number of nitrogens with zero attached hydrogens (tertiary/aromatic N) is 1. The van der Waals surface area contributed by atoms with Crippen LogP contribution in [-0.4, -0.2) is 25.5 Å². The van der Waals surface area contributed by atoms with Crippen LogP contribution < -0.4 is 9.46 Å². The Morgan fingerprint density at radius 2 is 1.73 bits per heavy atom. The number of hydrogen-bond donors (Lipinski definition) is 1. The highest BCUT2D eigenvalue weighted by Gasteiger charge is 2.45. The highest BCUT2D eigenvalue weighted by Crippen LogP contribution is 2.23. The molecule has 2 aromatic carbocycles. The molecule has 0 spiro atoms. The van der Waals surface area contributed by atoms with Crippen molar-refractivity contribution in [1.82, 2.24) is 9.71 Å². The Morgan fingerprint density at radius 3 is 2.37 bits per heavy atom. The van der Waals surface area contributed by atoms with Gasteiger partial charge in [0, 0.05) is 18.5 Å². The normalized spacial score (nSPS) is 12.1. The summed E-state index contributed by atoms with van der Waals surface area (Å²) in [5.74, 6) is 1.74. The Bertz CT molecular complexity index is 1080. The molecule has 160 valence electrons. The van der Waals surface area contributed by atoms with Gasteiger partial charge in [-0.1, -0.05) is 30.3 Å². The molecule has 3 rings (SSSR count). The largest absolute Gasteiger partial charge is 0.511 e. The number of aromatic nitrogens is 1. The molecule has 0 aliphatic rings. The molecule has 0 fully saturated rings. The van der Waals surface area contributed by atoms with E-state index in [4.69, 9.17) is 9.15 Å². The first-order valence-corrected chi connectivity index (χ1v) is 10.4. The molecule has 3 aromatic rings. The molecule has 0 bridgehead atoms. The van der Waals surface area contributed by atoms with Crippen molar-refractivity contribution in [3.8, 4) is 17.2 Å². The minimum Gasteiger partial charge on any atom is -0.493 e. The quantitative estimate of drug-likeness (QED) is 0.568. The fourth-order valence-electron chi connectivity index (χ4n) is 2.59. The SMILES string of the molecule is Cc1oc(-c2ccccc2)nc1CCOc1ccc(CNS(=O)(=O)C(F)(F)F)cc1. The molecule has 1 aromatic heterocycles. The fraction of sp³-hybridized carbons (Fsp3) is 0.250. The van der Waals surface area contributed by atoms with Crippen LogP contribution >= 0.6 is 0 Å². The van der Waals surface area contributed by atoms with E-state index in [0.717, 1.165) is 11.3 Å². The number of halogens is 3. The van der Waals surface area contributed by atoms with Crippen molar-refractivity contribution >= 4 is 10.0 Å². The molecule has 0 saturated heterocycles. The maximum absolute atomic E-state index is 12.3. The predicted molar refractivity (Wildman–Crippen MR) is 104 cm³/mol. The maximum atomic E-state index is 12.3. The van der Waals surface area contributed by atoms with E-state index in [2.05, 4.69) is 4.98 Å². The first-order chi connectivity index (χ1) is 14.2. The molecule has 10 heteroatoms. The monoisotopic (exact) mass is 440 g/mol. The van der Waals surface area contributed by atoms with Crippen LogP contribution in [0, 0.1) is 6.92 Å². The van der Waals surface area contributed by atoms with Gasteiger partial charge in [0.05, 0.1) is 12.3 Å². The average Bonchev–Trinajstić information content (AvgIpc) is 3.08. The molecule has 0 aliphatic carbocycles. The zero-order valence-corrected chi connectivity index (χ0v) is 16.8. The lowest BCUT2D eigenvalue weighted by atomic mass is 10.2. The molecule has 1 N–H and O–H groups in total. The summed E-state index contributed by atoms with van der Waals surface area (Å²) in [5, 5.41) is 0. The van der Waals surface area contributed by atoms with Crippen LogP contribution in [0.15, 0.2) is 59.0 Å². The van der Waals surface area contributed by atoms with Gasteiger partial charge in [0.25, 0.3) is 0 Å². The molecular weight excluding hydrogens is 421 g/mol. The Hall–Kier alpha value is -2.85. The summed E-state index contributed by atoms with van der Waals surface area (Å²) in [6.07, 6.45) is 0.509. The topological polar surface area (TPSA) is 81.4 Å². The molecule has 30 heavy (non-hydrogen) atoms. The lowest BCUT2D eigenvalue weighted by molar-refractivity contribution is -0.0448. The second kappa shape index (κ2) is 8.88. The van der Waals surface area contributed by atoms with E-state index in [1.54, 1.807) is 12.1 Å². The van der Waals surface area contributed by atoms with Gasteiger partial charge in [-0.05, 0) is 36.8 Å². The second-order valence-corrected chi connectivity index (χ2v) is 8.16. The number of ether oxygens (including phenoxy) is 1. The van der Waals surface area contributed by atoms with Crippen LogP contribution in [0.4, 0.5) is 13.2 Å². The summed E-state index contributed by atoms with van der Waals surface area (Å²) in [6, 6.07) is 15.6. The standard InChI is InChI=1S/C20H19F3N2O4S/c1-14-18(25-19(29-14)16-5-3-2-4-6-16)11-12-28-17-9-7-15(8-10-17)13-24-30(26,27)20(21,22)23/h2-10,24H,11-13H2,1H3. The lowest BCUT2D eigenvalue weighted by Gasteiger charge is -2.10. The van der Waals surface area contributed by atoms with Crippen LogP contribution in [0.5, 0.6) is 5.75 Å². The van der Waals surface area contributed by atoms with Crippen molar-refractivity contribution in [3.63, 3.8) is 0 Å². The van der Waals surface area contributed by atoms with E-state index in [0.29, 0.717) is 36.0 Å². The summed E-state index contributed by atoms with van der Waals surface area (Å²) in [7, 11) is -5.37. The number of hydrogen-bond acceptors (Lipinski definition) is 5. The molecular formula is C20H19F3N2O4S. The molecule has 1 heterocycles. The summed E-state index contributed by atoms with van der Waals surface area (Å²) in [6.45, 7) is 1.68. The number of rotatable bonds is 8. The van der Waals surface area contributed by atoms with Crippen molar-refractivity contribution in [2.45, 2.75) is 25.4 Å². The van der Waals surface area contributed by atoms with Crippen LogP contribution in [-0.2, 0) is 23.0 Å². The molecule has 0 aliphatic heterocycles. The minimum absolute atomic E-state index is 0.321. The summed E-state index contributed by atoms with van der Waals surface area (Å²) in [4.78, 5) is 4.49. The van der Waals surface area contributed by atoms with Crippen molar-refractivity contribution in [3.05, 3.63) is 71.6 Å². The average molecular weight is 440 g/mol. The van der Waals surface area contributed by atoms with Gasteiger partial charge in [-0.15, -0.1) is 0 Å². The second-order valence-electron chi connectivity index (χ2n) is 6.40. The van der Waals surface area contributed by atoms with Gasteiger partial charge >= 0.3 is 15.5 Å². The third-order valence-corrected chi connectivity index (χ3v) is 5.35. The minimum atomic E-state index is -5.37. The summed E-state index contributed by atoms with van der Waals surface area (Å²) in [5.41, 5.74) is -3.32. The van der Waals surface area contributed by atoms with Gasteiger partial charge in [0.1, 0.15) is 11.5 Å². The van der Waals surface area contributed by atoms with Crippen molar-refractivity contribution in [2.75, 3.05) is 6.61 Å². The Labute approximate surface area is 171 Å². The highest BCUT2D eigenvalue weighted by molar-refractivity contribution is 7.90. The van der Waals surface area contributed by atoms with Crippen molar-refractivity contribution in [2.24, 2.45) is 0 Å². The van der Waals surface area contributed by atoms with Gasteiger partial charge < -0.3 is 9.15 Å². The third kappa shape index (κ3) is 5.39. The van der Waals surface area contributed by atoms with Gasteiger partial charge in [0.2, 0.25) is 5.89 Å². The van der Waals surface area contributed by atoms with Crippen molar-refractivity contribution in [1.29, 1.82) is 0 Å². The number of sulfonamides is 1.